The summed E-state index contributed by atoms with van der Waals surface area (Å²) in [6.45, 7) is 2.41. The minimum atomic E-state index is -1.17. The van der Waals surface area contributed by atoms with Crippen molar-refractivity contribution in [2.75, 3.05) is 13.1 Å². The zero-order chi connectivity index (χ0) is 16.4. The molecule has 23 heavy (non-hydrogen) atoms. The summed E-state index contributed by atoms with van der Waals surface area (Å²) in [5.74, 6) is -0.503. The summed E-state index contributed by atoms with van der Waals surface area (Å²) in [5.41, 5.74) is 0.796. The molecule has 2 heterocycles. The Labute approximate surface area is 132 Å². The number of nitrogens with one attached hydrogen (secondary N) is 1. The number of halogens is 1. The highest BCUT2D eigenvalue weighted by Gasteiger charge is 2.41. The standard InChI is InChI=1S/C16H17FN4O2/c1-11(12-2-4-13(17)5-3-12)8-15(22)21-7-6-16(23,10-21)14-9-18-20-19-14/h2-5,8-9,23H,6-7,10H2,1H3,(H,18,19,20)/b11-8+. The maximum atomic E-state index is 12.9. The normalized spacial score (nSPS) is 21.7. The Morgan fingerprint density at radius 2 is 2.17 bits per heavy atom. The molecule has 3 rings (SSSR count). The van der Waals surface area contributed by atoms with Crippen molar-refractivity contribution in [2.24, 2.45) is 0 Å². The van der Waals surface area contributed by atoms with Crippen molar-refractivity contribution in [1.29, 1.82) is 0 Å². The summed E-state index contributed by atoms with van der Waals surface area (Å²) in [7, 11) is 0. The number of benzene rings is 1. The molecule has 2 aromatic rings. The molecular weight excluding hydrogens is 299 g/mol. The summed E-state index contributed by atoms with van der Waals surface area (Å²) in [4.78, 5) is 13.9. The Morgan fingerprint density at radius 3 is 2.83 bits per heavy atom. The molecule has 0 radical (unpaired) electrons. The number of carbonyl (C=O) groups excluding carboxylic acids is 1. The molecule has 1 aliphatic heterocycles. The summed E-state index contributed by atoms with van der Waals surface area (Å²) in [6.07, 6.45) is 3.38. The molecule has 6 nitrogen and oxygen atoms in total. The highest BCUT2D eigenvalue weighted by atomic mass is 19.1. The van der Waals surface area contributed by atoms with Crippen molar-refractivity contribution in [1.82, 2.24) is 20.3 Å². The molecule has 0 spiro atoms. The fourth-order valence-electron chi connectivity index (χ4n) is 2.69. The highest BCUT2D eigenvalue weighted by Crippen LogP contribution is 2.30. The van der Waals surface area contributed by atoms with Gasteiger partial charge >= 0.3 is 0 Å². The first-order valence-electron chi connectivity index (χ1n) is 7.30. The molecule has 7 heteroatoms. The van der Waals surface area contributed by atoms with E-state index >= 15 is 0 Å². The van der Waals surface area contributed by atoms with Crippen molar-refractivity contribution in [3.05, 3.63) is 53.6 Å². The summed E-state index contributed by atoms with van der Waals surface area (Å²) < 4.78 is 12.9. The number of aromatic amines is 1. The van der Waals surface area contributed by atoms with E-state index in [-0.39, 0.29) is 18.3 Å². The number of hydrogen-bond donors (Lipinski definition) is 2. The molecule has 0 saturated carbocycles. The van der Waals surface area contributed by atoms with Gasteiger partial charge in [-0.3, -0.25) is 4.79 Å². The molecule has 1 amide bonds. The number of H-pyrrole nitrogens is 1. The molecule has 0 bridgehead atoms. The maximum Gasteiger partial charge on any atom is 0.246 e. The molecule has 1 atom stereocenters. The summed E-state index contributed by atoms with van der Waals surface area (Å²) >= 11 is 0. The average Bonchev–Trinajstić information content (AvgIpc) is 3.18. The molecule has 1 aromatic carbocycles. The van der Waals surface area contributed by atoms with E-state index in [4.69, 9.17) is 0 Å². The number of likely N-dealkylation sites (tertiary alicyclic amines) is 1. The van der Waals surface area contributed by atoms with Gasteiger partial charge in [-0.25, -0.2) is 4.39 Å². The molecule has 1 unspecified atom stereocenters. The van der Waals surface area contributed by atoms with E-state index in [1.54, 1.807) is 24.0 Å². The van der Waals surface area contributed by atoms with Crippen LogP contribution in [0.2, 0.25) is 0 Å². The van der Waals surface area contributed by atoms with Crippen LogP contribution in [0.15, 0.2) is 36.5 Å². The van der Waals surface area contributed by atoms with E-state index in [2.05, 4.69) is 15.4 Å². The number of aromatic nitrogens is 3. The number of nitrogens with zero attached hydrogens (tertiary/aromatic N) is 3. The smallest absolute Gasteiger partial charge is 0.246 e. The fraction of sp³-hybridized carbons (Fsp3) is 0.312. The minimum Gasteiger partial charge on any atom is -0.381 e. The Morgan fingerprint density at radius 1 is 1.43 bits per heavy atom. The van der Waals surface area contributed by atoms with Crippen LogP contribution < -0.4 is 0 Å². The van der Waals surface area contributed by atoms with Crippen LogP contribution >= 0.6 is 0 Å². The minimum absolute atomic E-state index is 0.172. The lowest BCUT2D eigenvalue weighted by Gasteiger charge is -2.20. The Bertz CT molecular complexity index is 727. The van der Waals surface area contributed by atoms with E-state index in [1.165, 1.54) is 24.4 Å². The third-order valence-corrected chi connectivity index (χ3v) is 4.09. The first kappa shape index (κ1) is 15.4. The van der Waals surface area contributed by atoms with Crippen LogP contribution in [0.25, 0.3) is 5.57 Å². The van der Waals surface area contributed by atoms with Gasteiger partial charge in [-0.2, -0.15) is 15.4 Å². The van der Waals surface area contributed by atoms with E-state index in [0.29, 0.717) is 18.7 Å². The molecule has 1 fully saturated rings. The van der Waals surface area contributed by atoms with Gasteiger partial charge in [0.25, 0.3) is 0 Å². The SMILES string of the molecule is C/C(=C\C(=O)N1CCC(O)(c2cn[nH]n2)C1)c1ccc(F)cc1. The van der Waals surface area contributed by atoms with Gasteiger partial charge in [0, 0.05) is 19.0 Å². The predicted molar refractivity (Wildman–Crippen MR) is 81.5 cm³/mol. The third-order valence-electron chi connectivity index (χ3n) is 4.09. The van der Waals surface area contributed by atoms with Crippen LogP contribution in [0.3, 0.4) is 0 Å². The van der Waals surface area contributed by atoms with Crippen molar-refractivity contribution in [3.8, 4) is 0 Å². The monoisotopic (exact) mass is 316 g/mol. The fourth-order valence-corrected chi connectivity index (χ4v) is 2.69. The van der Waals surface area contributed by atoms with Crippen molar-refractivity contribution < 1.29 is 14.3 Å². The maximum absolute atomic E-state index is 12.9. The second-order valence-electron chi connectivity index (χ2n) is 5.73. The molecule has 1 aromatic heterocycles. The summed E-state index contributed by atoms with van der Waals surface area (Å²) in [6, 6.07) is 5.97. The molecule has 0 aliphatic carbocycles. The van der Waals surface area contributed by atoms with Gasteiger partial charge in [0.05, 0.1) is 12.7 Å². The highest BCUT2D eigenvalue weighted by molar-refractivity contribution is 5.95. The van der Waals surface area contributed by atoms with Crippen LogP contribution in [0, 0.1) is 5.82 Å². The van der Waals surface area contributed by atoms with Crippen LogP contribution in [0.1, 0.15) is 24.6 Å². The largest absolute Gasteiger partial charge is 0.381 e. The Kier molecular flexibility index (Phi) is 3.96. The van der Waals surface area contributed by atoms with Gasteiger partial charge in [0.1, 0.15) is 17.1 Å². The van der Waals surface area contributed by atoms with Crippen LogP contribution in [-0.4, -0.2) is 44.4 Å². The molecule has 120 valence electrons. The number of allylic oxidation sites excluding steroid dienone is 1. The number of carbonyl (C=O) groups is 1. The molecule has 1 aliphatic rings. The molecule has 2 N–H and O–H groups in total. The Hall–Kier alpha value is -2.54. The first-order valence-corrected chi connectivity index (χ1v) is 7.30. The lowest BCUT2D eigenvalue weighted by atomic mass is 10.00. The number of rotatable bonds is 3. The zero-order valence-electron chi connectivity index (χ0n) is 12.7. The first-order chi connectivity index (χ1) is 11.0. The zero-order valence-corrected chi connectivity index (χ0v) is 12.7. The van der Waals surface area contributed by atoms with Crippen LogP contribution in [0.5, 0.6) is 0 Å². The molecule has 1 saturated heterocycles. The van der Waals surface area contributed by atoms with E-state index in [9.17, 15) is 14.3 Å². The van der Waals surface area contributed by atoms with Crippen molar-refractivity contribution >= 4 is 11.5 Å². The predicted octanol–water partition coefficient (Wildman–Crippen LogP) is 1.47. The second-order valence-corrected chi connectivity index (χ2v) is 5.73. The molecular formula is C16H17FN4O2. The lowest BCUT2D eigenvalue weighted by molar-refractivity contribution is -0.126. The van der Waals surface area contributed by atoms with Gasteiger partial charge in [0.15, 0.2) is 0 Å². The van der Waals surface area contributed by atoms with Gasteiger partial charge in [-0.05, 0) is 30.2 Å². The second kappa shape index (κ2) is 5.92. The number of amides is 1. The van der Waals surface area contributed by atoms with Crippen LogP contribution in [0.4, 0.5) is 4.39 Å². The Balaban J connectivity index is 1.72. The van der Waals surface area contributed by atoms with E-state index < -0.39 is 5.60 Å². The third kappa shape index (κ3) is 3.14. The van der Waals surface area contributed by atoms with Gasteiger partial charge in [0.2, 0.25) is 5.91 Å². The number of aliphatic hydroxyl groups is 1. The van der Waals surface area contributed by atoms with Gasteiger partial charge in [-0.15, -0.1) is 0 Å². The van der Waals surface area contributed by atoms with Crippen LogP contribution in [-0.2, 0) is 10.4 Å². The summed E-state index contributed by atoms with van der Waals surface area (Å²) in [5, 5.41) is 20.6. The number of β-amino-alcohol motifs (C(OH)–C–C–N with tert-alkyl or cyclic N) is 1. The topological polar surface area (TPSA) is 82.1 Å². The average molecular weight is 316 g/mol. The lowest BCUT2D eigenvalue weighted by Crippen LogP contribution is -2.34. The van der Waals surface area contributed by atoms with Crippen molar-refractivity contribution in [3.63, 3.8) is 0 Å². The number of hydrogen-bond acceptors (Lipinski definition) is 4. The van der Waals surface area contributed by atoms with Crippen molar-refractivity contribution in [2.45, 2.75) is 18.9 Å². The quantitative estimate of drug-likeness (QED) is 0.840. The van der Waals surface area contributed by atoms with Gasteiger partial charge in [-0.1, -0.05) is 12.1 Å². The van der Waals surface area contributed by atoms with Gasteiger partial charge < -0.3 is 10.0 Å². The van der Waals surface area contributed by atoms with E-state index in [1.807, 2.05) is 0 Å². The van der Waals surface area contributed by atoms with E-state index in [0.717, 1.165) is 11.1 Å².